The molecule has 1 aromatic rings. The van der Waals surface area contributed by atoms with Crippen LogP contribution in [0.15, 0.2) is 23.5 Å². The van der Waals surface area contributed by atoms with Crippen LogP contribution in [0, 0.1) is 0 Å². The summed E-state index contributed by atoms with van der Waals surface area (Å²) in [6, 6.07) is 4.21. The first-order valence-corrected chi connectivity index (χ1v) is 12.8. The summed E-state index contributed by atoms with van der Waals surface area (Å²) in [6.07, 6.45) is 2.14. The minimum atomic E-state index is -1.42. The fourth-order valence-corrected chi connectivity index (χ4v) is 6.58. The second-order valence-electron chi connectivity index (χ2n) is 10.5. The number of fused-ring (bicyclic) bond motifs is 3. The zero-order chi connectivity index (χ0) is 25.8. The Morgan fingerprint density at radius 2 is 1.81 bits per heavy atom. The molecule has 5 rings (SSSR count). The van der Waals surface area contributed by atoms with E-state index in [2.05, 4.69) is 17.0 Å². The number of amides is 1. The molecule has 1 aromatic carbocycles. The molecule has 36 heavy (non-hydrogen) atoms. The predicted molar refractivity (Wildman–Crippen MR) is 133 cm³/mol. The Bertz CT molecular complexity index is 1100. The number of nitrogens with zero attached hydrogens (tertiary/aromatic N) is 3. The summed E-state index contributed by atoms with van der Waals surface area (Å²) >= 11 is 0. The van der Waals surface area contributed by atoms with E-state index >= 15 is 0 Å². The number of hydrogen-bond donors (Lipinski definition) is 0. The molecule has 1 aliphatic carbocycles. The molecule has 3 aliphatic heterocycles. The third-order valence-electron chi connectivity index (χ3n) is 8.25. The van der Waals surface area contributed by atoms with E-state index in [1.165, 1.54) is 16.0 Å². The summed E-state index contributed by atoms with van der Waals surface area (Å²) in [5.41, 5.74) is 2.05. The molecule has 1 fully saturated rings. The molecule has 0 aromatic heterocycles. The second-order valence-corrected chi connectivity index (χ2v) is 10.5. The van der Waals surface area contributed by atoms with Gasteiger partial charge in [-0.15, -0.1) is 0 Å². The maximum absolute atomic E-state index is 14.1. The van der Waals surface area contributed by atoms with Crippen molar-refractivity contribution in [3.63, 3.8) is 0 Å². The van der Waals surface area contributed by atoms with Crippen LogP contribution >= 0.6 is 0 Å². The van der Waals surface area contributed by atoms with Crippen LogP contribution in [0.3, 0.4) is 0 Å². The molecule has 9 nitrogen and oxygen atoms in total. The summed E-state index contributed by atoms with van der Waals surface area (Å²) in [4.78, 5) is 33.2. The van der Waals surface area contributed by atoms with Crippen LogP contribution in [0.1, 0.15) is 43.2 Å². The summed E-state index contributed by atoms with van der Waals surface area (Å²) in [5.74, 6) is 1.22. The van der Waals surface area contributed by atoms with Crippen molar-refractivity contribution in [2.24, 2.45) is 0 Å². The number of methoxy groups -OCH3 is 1. The number of esters is 1. The molecular formula is C27H37N3O6. The van der Waals surface area contributed by atoms with Crippen LogP contribution in [0.25, 0.3) is 0 Å². The van der Waals surface area contributed by atoms with Crippen molar-refractivity contribution in [3.8, 4) is 11.5 Å². The van der Waals surface area contributed by atoms with E-state index < -0.39 is 17.6 Å². The van der Waals surface area contributed by atoms with Gasteiger partial charge in [0.15, 0.2) is 23.1 Å². The van der Waals surface area contributed by atoms with Crippen molar-refractivity contribution in [1.29, 1.82) is 0 Å². The highest BCUT2D eigenvalue weighted by atomic mass is 16.7. The first-order chi connectivity index (χ1) is 17.2. The second kappa shape index (κ2) is 9.27. The topological polar surface area (TPSA) is 80.8 Å². The van der Waals surface area contributed by atoms with Crippen molar-refractivity contribution < 1.29 is 28.5 Å². The van der Waals surface area contributed by atoms with E-state index in [0.29, 0.717) is 24.4 Å². The van der Waals surface area contributed by atoms with E-state index in [-0.39, 0.29) is 24.7 Å². The summed E-state index contributed by atoms with van der Waals surface area (Å²) < 4.78 is 23.7. The highest BCUT2D eigenvalue weighted by molar-refractivity contribution is 6.07. The molecule has 4 atom stereocenters. The van der Waals surface area contributed by atoms with E-state index in [1.54, 1.807) is 40.2 Å². The fraction of sp³-hybridized carbons (Fsp3) is 0.630. The number of benzene rings is 1. The standard InChI is InChI=1S/C27H37N3O6/c1-7-10-27(29(4)5,25(31)28(2)3)26(32)36-24-21-18-14-20-19(34-15-35-20)13-16(18)8-11-30-12-9-17(22(21)30)23(24)33-6/h13-14,21-22,24H,7-12,15H2,1-6H3/t21-,22-,24-,27+/m0/s1. The summed E-state index contributed by atoms with van der Waals surface area (Å²) in [7, 11) is 8.53. The summed E-state index contributed by atoms with van der Waals surface area (Å²) in [6.45, 7) is 4.03. The van der Waals surface area contributed by atoms with Gasteiger partial charge in [-0.1, -0.05) is 13.3 Å². The van der Waals surface area contributed by atoms with Crippen molar-refractivity contribution >= 4 is 11.9 Å². The molecule has 0 radical (unpaired) electrons. The van der Waals surface area contributed by atoms with Gasteiger partial charge in [0.05, 0.1) is 7.11 Å². The number of ether oxygens (including phenoxy) is 4. The molecule has 196 valence electrons. The maximum atomic E-state index is 14.1. The average Bonchev–Trinajstić information content (AvgIpc) is 3.51. The Morgan fingerprint density at radius 1 is 1.11 bits per heavy atom. The van der Waals surface area contributed by atoms with Gasteiger partial charge < -0.3 is 23.8 Å². The molecule has 0 unspecified atom stereocenters. The van der Waals surface area contributed by atoms with Crippen molar-refractivity contribution in [2.45, 2.75) is 56.2 Å². The first kappa shape index (κ1) is 24.9. The Balaban J connectivity index is 1.59. The predicted octanol–water partition coefficient (Wildman–Crippen LogP) is 2.14. The zero-order valence-electron chi connectivity index (χ0n) is 22.1. The van der Waals surface area contributed by atoms with Crippen LogP contribution < -0.4 is 9.47 Å². The van der Waals surface area contributed by atoms with E-state index in [4.69, 9.17) is 18.9 Å². The minimum Gasteiger partial charge on any atom is -0.497 e. The van der Waals surface area contributed by atoms with E-state index in [0.717, 1.165) is 37.2 Å². The largest absolute Gasteiger partial charge is 0.497 e. The monoisotopic (exact) mass is 499 g/mol. The molecule has 0 N–H and O–H groups in total. The number of carbonyl (C=O) groups is 2. The van der Waals surface area contributed by atoms with Crippen LogP contribution in [0.2, 0.25) is 0 Å². The quantitative estimate of drug-likeness (QED) is 0.417. The van der Waals surface area contributed by atoms with Gasteiger partial charge in [-0.2, -0.15) is 0 Å². The third kappa shape index (κ3) is 3.58. The Kier molecular flexibility index (Phi) is 6.41. The first-order valence-electron chi connectivity index (χ1n) is 12.8. The van der Waals surface area contributed by atoms with Gasteiger partial charge in [-0.05, 0) is 62.2 Å². The van der Waals surface area contributed by atoms with Crippen molar-refractivity contribution in [2.75, 3.05) is 55.2 Å². The van der Waals surface area contributed by atoms with Crippen molar-refractivity contribution in [1.82, 2.24) is 14.7 Å². The van der Waals surface area contributed by atoms with Gasteiger partial charge in [0, 0.05) is 39.1 Å². The maximum Gasteiger partial charge on any atom is 0.337 e. The summed E-state index contributed by atoms with van der Waals surface area (Å²) in [5, 5.41) is 0. The smallest absolute Gasteiger partial charge is 0.337 e. The van der Waals surface area contributed by atoms with Gasteiger partial charge in [0.25, 0.3) is 5.91 Å². The molecule has 0 spiro atoms. The molecule has 0 bridgehead atoms. The SMILES string of the molecule is CCC[C@](C(=O)O[C@@H]1C(OC)=C2CCN3CCc4cc5c(cc4[C@H]1[C@H]23)OCO5)(C(=O)N(C)C)N(C)C. The van der Waals surface area contributed by atoms with Gasteiger partial charge in [-0.25, -0.2) is 4.79 Å². The molecular weight excluding hydrogens is 462 g/mol. The van der Waals surface area contributed by atoms with E-state index in [9.17, 15) is 9.59 Å². The van der Waals surface area contributed by atoms with Gasteiger partial charge in [0.1, 0.15) is 5.76 Å². The highest BCUT2D eigenvalue weighted by Gasteiger charge is 2.56. The van der Waals surface area contributed by atoms with Gasteiger partial charge in [-0.3, -0.25) is 14.6 Å². The number of rotatable bonds is 7. The molecule has 1 amide bonds. The zero-order valence-corrected chi connectivity index (χ0v) is 22.1. The van der Waals surface area contributed by atoms with Gasteiger partial charge in [0.2, 0.25) is 6.79 Å². The Hall–Kier alpha value is -2.78. The number of hydrogen-bond acceptors (Lipinski definition) is 8. The molecule has 1 saturated heterocycles. The molecule has 3 heterocycles. The van der Waals surface area contributed by atoms with E-state index in [1.807, 2.05) is 6.92 Å². The lowest BCUT2D eigenvalue weighted by Gasteiger charge is -2.39. The molecule has 0 saturated carbocycles. The third-order valence-corrected chi connectivity index (χ3v) is 8.25. The minimum absolute atomic E-state index is 0.0869. The Morgan fingerprint density at radius 3 is 2.44 bits per heavy atom. The highest BCUT2D eigenvalue weighted by Crippen LogP contribution is 2.52. The van der Waals surface area contributed by atoms with Crippen LogP contribution in [-0.4, -0.2) is 99.4 Å². The fourth-order valence-electron chi connectivity index (χ4n) is 6.58. The molecule has 4 aliphatic rings. The van der Waals surface area contributed by atoms with Gasteiger partial charge >= 0.3 is 5.97 Å². The normalized spacial score (nSPS) is 25.8. The number of carbonyl (C=O) groups excluding carboxylic acids is 2. The van der Waals surface area contributed by atoms with Crippen LogP contribution in [0.5, 0.6) is 11.5 Å². The molecule has 9 heteroatoms. The van der Waals surface area contributed by atoms with Crippen LogP contribution in [-0.2, 0) is 25.5 Å². The number of likely N-dealkylation sites (N-methyl/N-ethyl adjacent to an activating group) is 2. The van der Waals surface area contributed by atoms with Crippen molar-refractivity contribution in [3.05, 3.63) is 34.6 Å². The van der Waals surface area contributed by atoms with Crippen LogP contribution in [0.4, 0.5) is 0 Å². The lowest BCUT2D eigenvalue weighted by atomic mass is 9.86. The average molecular weight is 500 g/mol. The Labute approximate surface area is 212 Å². The lowest BCUT2D eigenvalue weighted by Crippen LogP contribution is -2.62. The lowest BCUT2D eigenvalue weighted by molar-refractivity contribution is -0.171.